The van der Waals surface area contributed by atoms with Crippen molar-refractivity contribution < 1.29 is 27.4 Å². The van der Waals surface area contributed by atoms with Crippen LogP contribution in [0, 0.1) is 12.7 Å². The lowest BCUT2D eigenvalue weighted by molar-refractivity contribution is 0.0135. The Kier molecular flexibility index (Phi) is 9.18. The van der Waals surface area contributed by atoms with E-state index in [2.05, 4.69) is 29.0 Å². The number of nitrogens with one attached hydrogen (secondary N) is 1. The number of nitrogens with zero attached hydrogens (tertiary/aromatic N) is 1. The molecule has 47 heavy (non-hydrogen) atoms. The Hall–Kier alpha value is -3.60. The van der Waals surface area contributed by atoms with Crippen molar-refractivity contribution in [3.63, 3.8) is 0 Å². The second kappa shape index (κ2) is 13.5. The van der Waals surface area contributed by atoms with E-state index in [1.165, 1.54) is 30.5 Å². The van der Waals surface area contributed by atoms with Gasteiger partial charge in [0.15, 0.2) is 0 Å². The van der Waals surface area contributed by atoms with Gasteiger partial charge in [-0.2, -0.15) is 0 Å². The Morgan fingerprint density at radius 3 is 2.40 bits per heavy atom. The number of rotatable bonds is 7. The molecule has 0 bridgehead atoms. The lowest BCUT2D eigenvalue weighted by atomic mass is 9.88. The highest BCUT2D eigenvalue weighted by atomic mass is 32.2. The molecule has 1 saturated heterocycles. The van der Waals surface area contributed by atoms with Gasteiger partial charge in [-0.05, 0) is 87.4 Å². The largest absolute Gasteiger partial charge is 0.389 e. The van der Waals surface area contributed by atoms with E-state index in [9.17, 15) is 17.9 Å². The molecule has 5 aromatic rings. The summed E-state index contributed by atoms with van der Waals surface area (Å²) in [5.74, 6) is -0.312. The van der Waals surface area contributed by atoms with Gasteiger partial charge < -0.3 is 19.1 Å². The third-order valence-corrected chi connectivity index (χ3v) is 11.2. The molecule has 1 aromatic heterocycles. The van der Waals surface area contributed by atoms with Crippen LogP contribution in [0.5, 0.6) is 0 Å². The number of aliphatic hydroxyl groups excluding tert-OH is 1. The van der Waals surface area contributed by atoms with Crippen LogP contribution in [0.15, 0.2) is 102 Å². The van der Waals surface area contributed by atoms with E-state index >= 15 is 0 Å². The van der Waals surface area contributed by atoms with Crippen molar-refractivity contribution in [2.75, 3.05) is 0 Å². The zero-order valence-corrected chi connectivity index (χ0v) is 27.3. The van der Waals surface area contributed by atoms with Gasteiger partial charge in [0, 0.05) is 21.8 Å². The Labute approximate surface area is 275 Å². The highest BCUT2D eigenvalue weighted by Gasteiger charge is 2.47. The maximum atomic E-state index is 14.0. The summed E-state index contributed by atoms with van der Waals surface area (Å²) >= 11 is 0. The summed E-state index contributed by atoms with van der Waals surface area (Å²) in [6, 6.07) is 28.5. The van der Waals surface area contributed by atoms with Crippen molar-refractivity contribution >= 4 is 31.8 Å². The van der Waals surface area contributed by atoms with Crippen LogP contribution in [0.2, 0.25) is 0 Å². The summed E-state index contributed by atoms with van der Waals surface area (Å²) in [5.41, 5.74) is 3.96. The van der Waals surface area contributed by atoms with Crippen LogP contribution in [0.4, 0.5) is 4.39 Å². The lowest BCUT2D eigenvalue weighted by Crippen LogP contribution is -2.49. The summed E-state index contributed by atoms with van der Waals surface area (Å²) in [5, 5.41) is 13.0. The van der Waals surface area contributed by atoms with E-state index in [1.54, 1.807) is 30.3 Å². The molecule has 2 aliphatic carbocycles. The molecule has 9 heteroatoms. The van der Waals surface area contributed by atoms with E-state index in [4.69, 9.17) is 9.47 Å². The highest BCUT2D eigenvalue weighted by Crippen LogP contribution is 2.39. The number of fused-ring (bicyclic) bond motifs is 4. The molecular weight excluding hydrogens is 615 g/mol. The topological polar surface area (TPSA) is 93.1 Å². The molecule has 3 aliphatic rings. The van der Waals surface area contributed by atoms with E-state index in [-0.39, 0.29) is 16.8 Å². The number of hydrogen-bond donors (Lipinski definition) is 2. The minimum absolute atomic E-state index is 0.185. The second-order valence-corrected chi connectivity index (χ2v) is 14.7. The molecule has 3 fully saturated rings. The van der Waals surface area contributed by atoms with Gasteiger partial charge in [0.05, 0.1) is 41.9 Å². The molecule has 2 N–H and O–H groups in total. The van der Waals surface area contributed by atoms with Gasteiger partial charge in [0.1, 0.15) is 11.9 Å². The number of ether oxygens (including phenoxy) is 2. The van der Waals surface area contributed by atoms with Crippen molar-refractivity contribution in [3.8, 4) is 0 Å². The van der Waals surface area contributed by atoms with E-state index in [0.717, 1.165) is 46.8 Å². The van der Waals surface area contributed by atoms with Crippen molar-refractivity contribution in [2.45, 2.75) is 93.5 Å². The Morgan fingerprint density at radius 1 is 0.872 bits per heavy atom. The Bertz CT molecular complexity index is 1950. The molecule has 1 aliphatic heterocycles. The minimum Gasteiger partial charge on any atom is -0.389 e. The third-order valence-electron chi connectivity index (χ3n) is 9.74. The van der Waals surface area contributed by atoms with E-state index < -0.39 is 22.2 Å². The molecule has 6 atom stereocenters. The van der Waals surface area contributed by atoms with Gasteiger partial charge in [-0.1, -0.05) is 66.2 Å². The number of aromatic nitrogens is 1. The number of sulfonamides is 1. The minimum atomic E-state index is -3.76. The quantitative estimate of drug-likeness (QED) is 0.181. The van der Waals surface area contributed by atoms with Gasteiger partial charge in [0.2, 0.25) is 10.0 Å². The molecule has 2 heterocycles. The highest BCUT2D eigenvalue weighted by molar-refractivity contribution is 7.89. The molecule has 2 saturated carbocycles. The predicted molar refractivity (Wildman–Crippen MR) is 181 cm³/mol. The first-order valence-electron chi connectivity index (χ1n) is 16.5. The van der Waals surface area contributed by atoms with Crippen LogP contribution in [-0.4, -0.2) is 48.5 Å². The smallest absolute Gasteiger partial charge is 0.240 e. The zero-order chi connectivity index (χ0) is 32.5. The summed E-state index contributed by atoms with van der Waals surface area (Å²) < 4.78 is 56.1. The third kappa shape index (κ3) is 6.87. The molecular formula is C38H41FN2O5S. The van der Waals surface area contributed by atoms with Gasteiger partial charge in [-0.3, -0.25) is 0 Å². The first-order chi connectivity index (χ1) is 22.8. The number of aryl methyl sites for hydroxylation is 1. The van der Waals surface area contributed by atoms with E-state index in [1.807, 2.05) is 41.8 Å². The van der Waals surface area contributed by atoms with Gasteiger partial charge >= 0.3 is 0 Å². The molecule has 0 radical (unpaired) electrons. The molecule has 246 valence electrons. The number of para-hydroxylation sites is 1. The normalized spacial score (nSPS) is 25.6. The maximum absolute atomic E-state index is 14.0. The van der Waals surface area contributed by atoms with Gasteiger partial charge in [0.25, 0.3) is 0 Å². The molecule has 0 unspecified atom stereocenters. The first-order valence-corrected chi connectivity index (χ1v) is 18.0. The van der Waals surface area contributed by atoms with Crippen LogP contribution in [0.25, 0.3) is 21.8 Å². The molecule has 4 aromatic carbocycles. The Balaban J connectivity index is 0.000000194. The van der Waals surface area contributed by atoms with Crippen LogP contribution < -0.4 is 4.72 Å². The number of epoxide rings is 1. The lowest BCUT2D eigenvalue weighted by Gasteiger charge is -2.36. The molecule has 0 spiro atoms. The summed E-state index contributed by atoms with van der Waals surface area (Å²) in [7, 11) is -3.76. The predicted octanol–water partition coefficient (Wildman–Crippen LogP) is 7.20. The van der Waals surface area contributed by atoms with Crippen LogP contribution in [-0.2, 0) is 26.1 Å². The standard InChI is InChI=1S/C25H25FN2O3S.C13H16O2/c1-16-9-12-18(13-10-16)32(30,31)27-21-6-4-8-24(25(21)29)28-22-7-3-2-5-19(22)20-15-17(26)11-14-23(20)28;1-2-5-10(6-3-1)9-14-11-7-4-8-12-13(11)15-12/h2-3,5,7,9-15,21,24-25,27,29H,4,6,8H2,1H3;1-3,5-6,11-13H,4,7-9H2/t21-,24+,25+;11-,12+,13-/m10/s1. The fourth-order valence-corrected chi connectivity index (χ4v) is 8.53. The second-order valence-electron chi connectivity index (χ2n) is 13.0. The average Bonchev–Trinajstić information content (AvgIpc) is 3.82. The van der Waals surface area contributed by atoms with Crippen molar-refractivity contribution in [1.82, 2.24) is 9.29 Å². The van der Waals surface area contributed by atoms with Crippen molar-refractivity contribution in [3.05, 3.63) is 114 Å². The maximum Gasteiger partial charge on any atom is 0.240 e. The average molecular weight is 657 g/mol. The van der Waals surface area contributed by atoms with Crippen LogP contribution in [0.3, 0.4) is 0 Å². The fraction of sp³-hybridized carbons (Fsp3) is 0.368. The van der Waals surface area contributed by atoms with E-state index in [0.29, 0.717) is 31.2 Å². The monoisotopic (exact) mass is 656 g/mol. The van der Waals surface area contributed by atoms with Gasteiger partial charge in [-0.15, -0.1) is 0 Å². The summed E-state index contributed by atoms with van der Waals surface area (Å²) in [6.07, 6.45) is 5.99. The molecule has 0 amide bonds. The molecule has 7 nitrogen and oxygen atoms in total. The van der Waals surface area contributed by atoms with Crippen molar-refractivity contribution in [1.29, 1.82) is 0 Å². The number of aliphatic hydroxyl groups is 1. The van der Waals surface area contributed by atoms with Crippen LogP contribution in [0.1, 0.15) is 55.7 Å². The SMILES string of the molecule is Cc1ccc(S(=O)(=O)N[C@@H]2CCC[C@H](n3c4ccccc4c4cc(F)ccc43)[C@H]2O)cc1.c1ccc(CO[C@H]2CCC[C@H]3O[C@@H]23)cc1. The molecule has 8 rings (SSSR count). The van der Waals surface area contributed by atoms with Crippen LogP contribution >= 0.6 is 0 Å². The Morgan fingerprint density at radius 2 is 1.60 bits per heavy atom. The number of benzene rings is 4. The van der Waals surface area contributed by atoms with Crippen molar-refractivity contribution in [2.24, 2.45) is 0 Å². The summed E-state index contributed by atoms with van der Waals surface area (Å²) in [6.45, 7) is 2.62. The first kappa shape index (κ1) is 32.0. The zero-order valence-electron chi connectivity index (χ0n) is 26.5. The number of hydrogen-bond acceptors (Lipinski definition) is 5. The fourth-order valence-electron chi connectivity index (χ4n) is 7.24. The number of halogens is 1. The summed E-state index contributed by atoms with van der Waals surface area (Å²) in [4.78, 5) is 0.185. The van der Waals surface area contributed by atoms with Gasteiger partial charge in [-0.25, -0.2) is 17.5 Å².